The van der Waals surface area contributed by atoms with Crippen molar-refractivity contribution >= 4 is 0 Å². The molecule has 1 unspecified atom stereocenters. The van der Waals surface area contributed by atoms with Crippen LogP contribution < -0.4 is 0 Å². The molecule has 1 saturated heterocycles. The Kier molecular flexibility index (Phi) is 2.09. The van der Waals surface area contributed by atoms with E-state index in [-0.39, 0.29) is 6.29 Å². The van der Waals surface area contributed by atoms with Crippen molar-refractivity contribution in [2.24, 2.45) is 5.92 Å². The molecule has 0 amide bonds. The first kappa shape index (κ1) is 7.03. The summed E-state index contributed by atoms with van der Waals surface area (Å²) in [6, 6.07) is 0. The quantitative estimate of drug-likeness (QED) is 0.534. The molecule has 1 heterocycles. The van der Waals surface area contributed by atoms with Gasteiger partial charge in [-0.25, -0.2) is 0 Å². The molecule has 1 fully saturated rings. The van der Waals surface area contributed by atoms with Crippen LogP contribution in [0.1, 0.15) is 20.3 Å². The van der Waals surface area contributed by atoms with Crippen molar-refractivity contribution < 1.29 is 9.47 Å². The summed E-state index contributed by atoms with van der Waals surface area (Å²) in [7, 11) is 1.69. The second-order valence-electron chi connectivity index (χ2n) is 2.72. The third-order valence-electron chi connectivity index (χ3n) is 1.99. The summed E-state index contributed by atoms with van der Waals surface area (Å²) in [6.45, 7) is 4.27. The molecular weight excluding hydrogens is 116 g/mol. The van der Waals surface area contributed by atoms with Gasteiger partial charge in [0.15, 0.2) is 6.29 Å². The molecule has 1 rings (SSSR count). The predicted octanol–water partition coefficient (Wildman–Crippen LogP) is 1.40. The lowest BCUT2D eigenvalue weighted by molar-refractivity contribution is -0.111. The minimum atomic E-state index is 0.0509. The Morgan fingerprint density at radius 2 is 2.11 bits per heavy atom. The van der Waals surface area contributed by atoms with Crippen LogP contribution in [0.25, 0.3) is 0 Å². The summed E-state index contributed by atoms with van der Waals surface area (Å²) < 4.78 is 10.4. The number of rotatable bonds is 1. The predicted molar refractivity (Wildman–Crippen MR) is 35.1 cm³/mol. The van der Waals surface area contributed by atoms with Gasteiger partial charge in [-0.15, -0.1) is 0 Å². The van der Waals surface area contributed by atoms with E-state index >= 15 is 0 Å². The van der Waals surface area contributed by atoms with E-state index in [9.17, 15) is 0 Å². The smallest absolute Gasteiger partial charge is 0.157 e. The van der Waals surface area contributed by atoms with E-state index in [0.717, 1.165) is 6.42 Å². The van der Waals surface area contributed by atoms with Gasteiger partial charge >= 0.3 is 0 Å². The minimum Gasteiger partial charge on any atom is -0.356 e. The van der Waals surface area contributed by atoms with Gasteiger partial charge in [0, 0.05) is 13.5 Å². The maximum atomic E-state index is 5.40. The lowest BCUT2D eigenvalue weighted by atomic mass is 10.1. The van der Waals surface area contributed by atoms with Gasteiger partial charge in [-0.3, -0.25) is 0 Å². The average molecular weight is 130 g/mol. The number of ether oxygens (including phenoxy) is 2. The van der Waals surface area contributed by atoms with Crippen LogP contribution in [0.5, 0.6) is 0 Å². The molecular formula is C7H14O2. The van der Waals surface area contributed by atoms with Crippen LogP contribution in [0.15, 0.2) is 0 Å². The molecule has 0 aliphatic carbocycles. The minimum absolute atomic E-state index is 0.0509. The fourth-order valence-corrected chi connectivity index (χ4v) is 1.08. The van der Waals surface area contributed by atoms with Gasteiger partial charge in [-0.05, 0) is 12.8 Å². The topological polar surface area (TPSA) is 18.5 Å². The lowest BCUT2D eigenvalue weighted by Gasteiger charge is -2.07. The molecule has 0 saturated carbocycles. The summed E-state index contributed by atoms with van der Waals surface area (Å²) in [5.41, 5.74) is 0. The second-order valence-corrected chi connectivity index (χ2v) is 2.72. The first-order chi connectivity index (χ1) is 4.24. The van der Waals surface area contributed by atoms with Crippen LogP contribution in [0, 0.1) is 5.92 Å². The highest BCUT2D eigenvalue weighted by atomic mass is 16.7. The van der Waals surface area contributed by atoms with Gasteiger partial charge in [-0.1, -0.05) is 6.92 Å². The molecule has 0 bridgehead atoms. The van der Waals surface area contributed by atoms with Crippen LogP contribution >= 0.6 is 0 Å². The van der Waals surface area contributed by atoms with Crippen LogP contribution in [0.4, 0.5) is 0 Å². The highest BCUT2D eigenvalue weighted by Gasteiger charge is 2.28. The summed E-state index contributed by atoms with van der Waals surface area (Å²) in [6.07, 6.45) is 1.46. The Hall–Kier alpha value is -0.0800. The monoisotopic (exact) mass is 130 g/mol. The number of hydrogen-bond donors (Lipinski definition) is 0. The standard InChI is InChI=1S/C7H14O2/c1-5-4-7(8-3)9-6(5)2/h5-7H,4H2,1-3H3/t5-,6+,7?/m1/s1. The van der Waals surface area contributed by atoms with E-state index in [4.69, 9.17) is 9.47 Å². The summed E-state index contributed by atoms with van der Waals surface area (Å²) in [5, 5.41) is 0. The molecule has 0 aromatic carbocycles. The zero-order valence-corrected chi connectivity index (χ0v) is 6.26. The molecule has 3 atom stereocenters. The Balaban J connectivity index is 2.35. The zero-order valence-electron chi connectivity index (χ0n) is 6.26. The third-order valence-corrected chi connectivity index (χ3v) is 1.99. The molecule has 2 nitrogen and oxygen atoms in total. The van der Waals surface area contributed by atoms with Gasteiger partial charge in [0.25, 0.3) is 0 Å². The molecule has 1 aliphatic heterocycles. The van der Waals surface area contributed by atoms with Gasteiger partial charge in [0.1, 0.15) is 0 Å². The van der Waals surface area contributed by atoms with Crippen LogP contribution in [0.3, 0.4) is 0 Å². The molecule has 0 N–H and O–H groups in total. The fourth-order valence-electron chi connectivity index (χ4n) is 1.08. The molecule has 54 valence electrons. The van der Waals surface area contributed by atoms with E-state index in [1.807, 2.05) is 0 Å². The SMILES string of the molecule is COC1C[C@@H](C)[C@H](C)O1. The van der Waals surface area contributed by atoms with Gasteiger partial charge < -0.3 is 9.47 Å². The lowest BCUT2D eigenvalue weighted by Crippen LogP contribution is -2.10. The summed E-state index contributed by atoms with van der Waals surface area (Å²) >= 11 is 0. The number of hydrogen-bond acceptors (Lipinski definition) is 2. The maximum absolute atomic E-state index is 5.40. The van der Waals surface area contributed by atoms with Crippen LogP contribution in [-0.4, -0.2) is 19.5 Å². The highest BCUT2D eigenvalue weighted by Crippen LogP contribution is 2.25. The Labute approximate surface area is 56.2 Å². The molecule has 2 heteroatoms. The van der Waals surface area contributed by atoms with Crippen molar-refractivity contribution in [1.29, 1.82) is 0 Å². The van der Waals surface area contributed by atoms with Gasteiger partial charge in [-0.2, -0.15) is 0 Å². The van der Waals surface area contributed by atoms with Crippen molar-refractivity contribution in [3.63, 3.8) is 0 Å². The van der Waals surface area contributed by atoms with Crippen molar-refractivity contribution in [2.45, 2.75) is 32.7 Å². The Bertz CT molecular complexity index is 82.9. The number of methoxy groups -OCH3 is 1. The van der Waals surface area contributed by atoms with Crippen molar-refractivity contribution in [1.82, 2.24) is 0 Å². The molecule has 0 radical (unpaired) electrons. The molecule has 0 spiro atoms. The zero-order chi connectivity index (χ0) is 6.85. The molecule has 1 aliphatic rings. The Morgan fingerprint density at radius 3 is 2.33 bits per heavy atom. The van der Waals surface area contributed by atoms with Crippen molar-refractivity contribution in [3.8, 4) is 0 Å². The van der Waals surface area contributed by atoms with Gasteiger partial charge in [0.05, 0.1) is 6.10 Å². The maximum Gasteiger partial charge on any atom is 0.157 e. The average Bonchev–Trinajstić information content (AvgIpc) is 2.13. The van der Waals surface area contributed by atoms with Gasteiger partial charge in [0.2, 0.25) is 0 Å². The van der Waals surface area contributed by atoms with E-state index < -0.39 is 0 Å². The molecule has 0 aromatic heterocycles. The van der Waals surface area contributed by atoms with E-state index in [1.54, 1.807) is 7.11 Å². The van der Waals surface area contributed by atoms with E-state index in [0.29, 0.717) is 12.0 Å². The Morgan fingerprint density at radius 1 is 1.44 bits per heavy atom. The van der Waals surface area contributed by atoms with Crippen molar-refractivity contribution in [2.75, 3.05) is 7.11 Å². The first-order valence-corrected chi connectivity index (χ1v) is 3.42. The molecule has 9 heavy (non-hydrogen) atoms. The van der Waals surface area contributed by atoms with Crippen LogP contribution in [0.2, 0.25) is 0 Å². The largest absolute Gasteiger partial charge is 0.356 e. The summed E-state index contributed by atoms with van der Waals surface area (Å²) in [4.78, 5) is 0. The van der Waals surface area contributed by atoms with E-state index in [2.05, 4.69) is 13.8 Å². The normalized spacial score (nSPS) is 43.7. The highest BCUT2D eigenvalue weighted by molar-refractivity contribution is 4.70. The third kappa shape index (κ3) is 1.43. The van der Waals surface area contributed by atoms with E-state index in [1.165, 1.54) is 0 Å². The van der Waals surface area contributed by atoms with Crippen molar-refractivity contribution in [3.05, 3.63) is 0 Å². The fraction of sp³-hybridized carbons (Fsp3) is 1.00. The van der Waals surface area contributed by atoms with Crippen LogP contribution in [-0.2, 0) is 9.47 Å². The molecule has 0 aromatic rings. The second kappa shape index (κ2) is 2.67. The first-order valence-electron chi connectivity index (χ1n) is 3.42. The summed E-state index contributed by atoms with van der Waals surface area (Å²) in [5.74, 6) is 0.648.